The molecule has 0 unspecified atom stereocenters. The van der Waals surface area contributed by atoms with Crippen LogP contribution in [0.2, 0.25) is 0 Å². The van der Waals surface area contributed by atoms with Gasteiger partial charge >= 0.3 is 11.9 Å². The van der Waals surface area contributed by atoms with E-state index in [1.165, 1.54) is 24.3 Å². The summed E-state index contributed by atoms with van der Waals surface area (Å²) in [7, 11) is 1.69. The first kappa shape index (κ1) is 18.9. The molecule has 6 heteroatoms. The number of benzene rings is 2. The van der Waals surface area contributed by atoms with Crippen LogP contribution in [0.3, 0.4) is 0 Å². The lowest BCUT2D eigenvalue weighted by atomic mass is 9.87. The third kappa shape index (κ3) is 5.08. The second-order valence-electron chi connectivity index (χ2n) is 6.54. The average Bonchev–Trinajstić information content (AvgIpc) is 2.70. The highest BCUT2D eigenvalue weighted by Gasteiger charge is 2.27. The first-order valence-corrected chi connectivity index (χ1v) is 8.91. The molecule has 0 spiro atoms. The monoisotopic (exact) mass is 370 g/mol. The molecule has 142 valence electrons. The molecule has 0 aromatic heterocycles. The number of phenolic OH excluding ortho intramolecular Hbond substituents is 1. The molecule has 1 aliphatic rings. The number of hydrogen-bond donors (Lipinski definition) is 1. The second kappa shape index (κ2) is 8.68. The van der Waals surface area contributed by atoms with Crippen molar-refractivity contribution in [3.63, 3.8) is 0 Å². The number of hydrogen-bond acceptors (Lipinski definition) is 6. The quantitative estimate of drug-likeness (QED) is 0.638. The lowest BCUT2D eigenvalue weighted by molar-refractivity contribution is -0.140. The lowest BCUT2D eigenvalue weighted by Crippen LogP contribution is -2.28. The van der Waals surface area contributed by atoms with Crippen molar-refractivity contribution in [1.29, 1.82) is 0 Å². The Balaban J connectivity index is 1.53. The maximum atomic E-state index is 12.3. The van der Waals surface area contributed by atoms with E-state index < -0.39 is 5.97 Å². The highest BCUT2D eigenvalue weighted by Crippen LogP contribution is 2.28. The zero-order valence-corrected chi connectivity index (χ0v) is 15.1. The van der Waals surface area contributed by atoms with Gasteiger partial charge in [-0.05, 0) is 74.2 Å². The van der Waals surface area contributed by atoms with Gasteiger partial charge in [-0.25, -0.2) is 4.79 Å². The molecule has 3 rings (SSSR count). The fraction of sp³-hybridized carbons (Fsp3) is 0.333. The third-order valence-electron chi connectivity index (χ3n) is 4.70. The van der Waals surface area contributed by atoms with E-state index >= 15 is 0 Å². The van der Waals surface area contributed by atoms with Crippen molar-refractivity contribution in [2.75, 3.05) is 7.11 Å². The molecule has 1 fully saturated rings. The molecule has 0 aliphatic heterocycles. The maximum absolute atomic E-state index is 12.3. The Hall–Kier alpha value is -2.86. The Kier molecular flexibility index (Phi) is 6.08. The van der Waals surface area contributed by atoms with Crippen LogP contribution >= 0.6 is 0 Å². The summed E-state index contributed by atoms with van der Waals surface area (Å²) < 4.78 is 16.0. The van der Waals surface area contributed by atoms with Crippen LogP contribution in [0.5, 0.6) is 17.2 Å². The molecular formula is C21H22O6. The molecule has 0 atom stereocenters. The second-order valence-corrected chi connectivity index (χ2v) is 6.54. The van der Waals surface area contributed by atoms with E-state index in [-0.39, 0.29) is 23.7 Å². The van der Waals surface area contributed by atoms with Gasteiger partial charge in [-0.1, -0.05) is 0 Å². The summed E-state index contributed by atoms with van der Waals surface area (Å²) in [6.07, 6.45) is 3.49. The number of methoxy groups -OCH3 is 1. The van der Waals surface area contributed by atoms with E-state index in [1.807, 2.05) is 0 Å². The molecule has 2 aromatic carbocycles. The van der Waals surface area contributed by atoms with Crippen LogP contribution in [0.4, 0.5) is 0 Å². The fourth-order valence-electron chi connectivity index (χ4n) is 3.07. The van der Waals surface area contributed by atoms with Crippen molar-refractivity contribution < 1.29 is 28.9 Å². The Labute approximate surface area is 157 Å². The molecule has 27 heavy (non-hydrogen) atoms. The van der Waals surface area contributed by atoms with E-state index in [0.29, 0.717) is 17.1 Å². The van der Waals surface area contributed by atoms with Crippen LogP contribution in [-0.2, 0) is 9.53 Å². The van der Waals surface area contributed by atoms with Gasteiger partial charge in [0, 0.05) is 7.11 Å². The number of phenols is 1. The van der Waals surface area contributed by atoms with E-state index in [1.54, 1.807) is 31.4 Å². The molecule has 0 heterocycles. The summed E-state index contributed by atoms with van der Waals surface area (Å²) in [5.74, 6) is -0.0448. The van der Waals surface area contributed by atoms with Crippen molar-refractivity contribution in [1.82, 2.24) is 0 Å². The highest BCUT2D eigenvalue weighted by molar-refractivity contribution is 5.91. The van der Waals surface area contributed by atoms with Gasteiger partial charge in [0.05, 0.1) is 17.6 Å². The van der Waals surface area contributed by atoms with Crippen LogP contribution in [0, 0.1) is 5.92 Å². The summed E-state index contributed by atoms with van der Waals surface area (Å²) in [5.41, 5.74) is 0.329. The first-order valence-electron chi connectivity index (χ1n) is 8.91. The molecule has 0 radical (unpaired) electrons. The lowest BCUT2D eigenvalue weighted by Gasteiger charge is -2.26. The average molecular weight is 370 g/mol. The summed E-state index contributed by atoms with van der Waals surface area (Å²) in [6, 6.07) is 12.1. The van der Waals surface area contributed by atoms with Gasteiger partial charge in [0.2, 0.25) is 0 Å². The number of aromatic hydroxyl groups is 1. The van der Waals surface area contributed by atoms with E-state index in [0.717, 1.165) is 25.7 Å². The number of ether oxygens (including phenoxy) is 3. The van der Waals surface area contributed by atoms with Crippen LogP contribution < -0.4 is 9.47 Å². The third-order valence-corrected chi connectivity index (χ3v) is 4.70. The number of carbonyl (C=O) groups excluding carboxylic acids is 2. The van der Waals surface area contributed by atoms with E-state index in [2.05, 4.69) is 0 Å². The molecule has 0 bridgehead atoms. The number of carbonyl (C=O) groups is 2. The Morgan fingerprint density at radius 1 is 0.852 bits per heavy atom. The van der Waals surface area contributed by atoms with Crippen molar-refractivity contribution in [2.24, 2.45) is 5.92 Å². The van der Waals surface area contributed by atoms with Crippen LogP contribution in [-0.4, -0.2) is 30.3 Å². The Bertz CT molecular complexity index is 773. The maximum Gasteiger partial charge on any atom is 0.343 e. The normalized spacial score (nSPS) is 19.3. The van der Waals surface area contributed by atoms with Crippen molar-refractivity contribution >= 4 is 11.9 Å². The molecular weight excluding hydrogens is 348 g/mol. The standard InChI is InChI=1S/C21H22O6/c1-25-17-8-4-15(5-9-17)21(24)27-19-12-10-18(11-13-19)26-20(23)14-2-6-16(22)7-3-14/h2-3,6-7,10-13,15,17,22H,4-5,8-9H2,1H3. The fourth-order valence-corrected chi connectivity index (χ4v) is 3.07. The summed E-state index contributed by atoms with van der Waals surface area (Å²) >= 11 is 0. The summed E-state index contributed by atoms with van der Waals surface area (Å²) in [5, 5.41) is 9.25. The highest BCUT2D eigenvalue weighted by atomic mass is 16.5. The largest absolute Gasteiger partial charge is 0.508 e. The molecule has 6 nitrogen and oxygen atoms in total. The van der Waals surface area contributed by atoms with Crippen LogP contribution in [0.25, 0.3) is 0 Å². The minimum Gasteiger partial charge on any atom is -0.508 e. The van der Waals surface area contributed by atoms with Gasteiger partial charge in [0.1, 0.15) is 17.2 Å². The predicted octanol–water partition coefficient (Wildman–Crippen LogP) is 3.72. The SMILES string of the molecule is COC1CCC(C(=O)Oc2ccc(OC(=O)c3ccc(O)cc3)cc2)CC1. The smallest absolute Gasteiger partial charge is 0.343 e. The van der Waals surface area contributed by atoms with Gasteiger partial charge in [-0.3, -0.25) is 4.79 Å². The Morgan fingerprint density at radius 3 is 1.96 bits per heavy atom. The van der Waals surface area contributed by atoms with Gasteiger partial charge in [0.25, 0.3) is 0 Å². The molecule has 1 saturated carbocycles. The molecule has 1 aliphatic carbocycles. The number of esters is 2. The van der Waals surface area contributed by atoms with Crippen LogP contribution in [0.1, 0.15) is 36.0 Å². The zero-order chi connectivity index (χ0) is 19.2. The molecule has 1 N–H and O–H groups in total. The van der Waals surface area contributed by atoms with Crippen molar-refractivity contribution in [3.8, 4) is 17.2 Å². The van der Waals surface area contributed by atoms with E-state index in [4.69, 9.17) is 14.2 Å². The predicted molar refractivity (Wildman–Crippen MR) is 97.9 cm³/mol. The molecule has 0 saturated heterocycles. The van der Waals surface area contributed by atoms with Gasteiger partial charge in [0.15, 0.2) is 0 Å². The summed E-state index contributed by atoms with van der Waals surface area (Å²) in [4.78, 5) is 24.3. The molecule has 0 amide bonds. The summed E-state index contributed by atoms with van der Waals surface area (Å²) in [6.45, 7) is 0. The van der Waals surface area contributed by atoms with Crippen molar-refractivity contribution in [2.45, 2.75) is 31.8 Å². The Morgan fingerprint density at radius 2 is 1.41 bits per heavy atom. The van der Waals surface area contributed by atoms with Gasteiger partial charge in [-0.2, -0.15) is 0 Å². The van der Waals surface area contributed by atoms with E-state index in [9.17, 15) is 14.7 Å². The van der Waals surface area contributed by atoms with Gasteiger partial charge in [-0.15, -0.1) is 0 Å². The topological polar surface area (TPSA) is 82.1 Å². The van der Waals surface area contributed by atoms with Crippen LogP contribution in [0.15, 0.2) is 48.5 Å². The minimum atomic E-state index is -0.533. The van der Waals surface area contributed by atoms with Gasteiger partial charge < -0.3 is 19.3 Å². The molecule has 2 aromatic rings. The van der Waals surface area contributed by atoms with Crippen molar-refractivity contribution in [3.05, 3.63) is 54.1 Å². The minimum absolute atomic E-state index is 0.0772. The zero-order valence-electron chi connectivity index (χ0n) is 15.1. The first-order chi connectivity index (χ1) is 13.0. The number of rotatable bonds is 5.